The first-order valence-corrected chi connectivity index (χ1v) is 9.89. The predicted octanol–water partition coefficient (Wildman–Crippen LogP) is 5.31. The number of hydrogen-bond donors (Lipinski definition) is 2. The number of carbonyl (C=O) groups excluding carboxylic acids is 2. The van der Waals surface area contributed by atoms with Gasteiger partial charge in [-0.05, 0) is 48.0 Å². The van der Waals surface area contributed by atoms with E-state index in [0.29, 0.717) is 16.5 Å². The monoisotopic (exact) mass is 432 g/mol. The van der Waals surface area contributed by atoms with Crippen molar-refractivity contribution in [2.45, 2.75) is 0 Å². The molecule has 0 aromatic heterocycles. The van der Waals surface area contributed by atoms with Gasteiger partial charge < -0.3 is 15.4 Å². The van der Waals surface area contributed by atoms with Crippen LogP contribution < -0.4 is 15.4 Å². The quantitative estimate of drug-likeness (QED) is 0.392. The molecule has 0 bridgehead atoms. The smallest absolute Gasteiger partial charge is 0.272 e. The fourth-order valence-corrected chi connectivity index (χ4v) is 2.92. The van der Waals surface area contributed by atoms with Crippen LogP contribution in [-0.4, -0.2) is 18.9 Å². The van der Waals surface area contributed by atoms with E-state index < -0.39 is 11.8 Å². The molecule has 0 atom stereocenters. The molecule has 0 aliphatic heterocycles. The highest BCUT2D eigenvalue weighted by atomic mass is 35.5. The highest BCUT2D eigenvalue weighted by Gasteiger charge is 2.16. The number of nitrogens with one attached hydrogen (secondary N) is 2. The zero-order valence-corrected chi connectivity index (χ0v) is 17.6. The Morgan fingerprint density at radius 1 is 0.903 bits per heavy atom. The van der Waals surface area contributed by atoms with Gasteiger partial charge in [-0.25, -0.2) is 0 Å². The third-order valence-corrected chi connectivity index (χ3v) is 4.64. The minimum atomic E-state index is -0.477. The van der Waals surface area contributed by atoms with Crippen LogP contribution in [0.15, 0.2) is 96.7 Å². The molecule has 0 aliphatic rings. The van der Waals surface area contributed by atoms with Gasteiger partial charge in [-0.3, -0.25) is 9.59 Å². The van der Waals surface area contributed by atoms with Gasteiger partial charge in [-0.1, -0.05) is 66.2 Å². The van der Waals surface area contributed by atoms with Crippen LogP contribution in [0.1, 0.15) is 15.9 Å². The fourth-order valence-electron chi connectivity index (χ4n) is 2.70. The summed E-state index contributed by atoms with van der Waals surface area (Å²) in [5.74, 6) is -0.273. The van der Waals surface area contributed by atoms with Crippen molar-refractivity contribution >= 4 is 35.2 Å². The van der Waals surface area contributed by atoms with Gasteiger partial charge in [0.2, 0.25) is 0 Å². The summed E-state index contributed by atoms with van der Waals surface area (Å²) in [6, 6.07) is 23.2. The molecule has 0 spiro atoms. The maximum absolute atomic E-state index is 12.9. The van der Waals surface area contributed by atoms with Gasteiger partial charge in [-0.15, -0.1) is 0 Å². The Balaban J connectivity index is 1.82. The molecule has 0 unspecified atom stereocenters. The zero-order valence-electron chi connectivity index (χ0n) is 16.8. The molecule has 0 aliphatic carbocycles. The van der Waals surface area contributed by atoms with E-state index in [0.717, 1.165) is 5.56 Å². The Morgan fingerprint density at radius 3 is 2.26 bits per heavy atom. The van der Waals surface area contributed by atoms with E-state index >= 15 is 0 Å². The van der Waals surface area contributed by atoms with E-state index in [-0.39, 0.29) is 11.3 Å². The highest BCUT2D eigenvalue weighted by molar-refractivity contribution is 6.34. The van der Waals surface area contributed by atoms with Gasteiger partial charge in [-0.2, -0.15) is 0 Å². The molecule has 0 radical (unpaired) electrons. The molecule has 0 fully saturated rings. The van der Waals surface area contributed by atoms with Crippen molar-refractivity contribution in [3.63, 3.8) is 0 Å². The fraction of sp³-hybridized carbons (Fsp3) is 0.0400. The van der Waals surface area contributed by atoms with E-state index in [1.807, 2.05) is 36.4 Å². The molecule has 3 aromatic rings. The van der Waals surface area contributed by atoms with Crippen molar-refractivity contribution in [2.75, 3.05) is 12.4 Å². The normalized spacial score (nSPS) is 11.2. The van der Waals surface area contributed by atoms with E-state index in [2.05, 4.69) is 10.6 Å². The van der Waals surface area contributed by atoms with Crippen LogP contribution in [0.5, 0.6) is 5.75 Å². The zero-order chi connectivity index (χ0) is 22.1. The second-order valence-electron chi connectivity index (χ2n) is 6.47. The van der Waals surface area contributed by atoms with E-state index in [1.54, 1.807) is 67.8 Å². The standard InChI is InChI=1S/C25H21ClN2O3/c1-31-20-16-14-19(15-17-20)27-25(30)23(13-7-10-18-8-3-2-4-9-18)28-24(29)21-11-5-6-12-22(21)26/h2-17H,1H3,(H,27,30)(H,28,29). The molecule has 0 heterocycles. The molecule has 31 heavy (non-hydrogen) atoms. The number of anilines is 1. The molecule has 2 amide bonds. The number of methoxy groups -OCH3 is 1. The molecule has 0 saturated heterocycles. The second kappa shape index (κ2) is 10.8. The summed E-state index contributed by atoms with van der Waals surface area (Å²) in [4.78, 5) is 25.6. The summed E-state index contributed by atoms with van der Waals surface area (Å²) in [5, 5.41) is 5.72. The lowest BCUT2D eigenvalue weighted by molar-refractivity contribution is -0.113. The van der Waals surface area contributed by atoms with Gasteiger partial charge >= 0.3 is 0 Å². The molecular weight excluding hydrogens is 412 g/mol. The van der Waals surface area contributed by atoms with Crippen molar-refractivity contribution < 1.29 is 14.3 Å². The Bertz CT molecular complexity index is 1110. The topological polar surface area (TPSA) is 67.4 Å². The average molecular weight is 433 g/mol. The van der Waals surface area contributed by atoms with E-state index in [1.165, 1.54) is 0 Å². The summed E-state index contributed by atoms with van der Waals surface area (Å²) in [5.41, 5.74) is 1.88. The third-order valence-electron chi connectivity index (χ3n) is 4.31. The summed E-state index contributed by atoms with van der Waals surface area (Å²) < 4.78 is 5.13. The number of ether oxygens (including phenoxy) is 1. The van der Waals surface area contributed by atoms with Gasteiger partial charge in [0.05, 0.1) is 17.7 Å². The van der Waals surface area contributed by atoms with Gasteiger partial charge in [0, 0.05) is 5.69 Å². The molecule has 2 N–H and O–H groups in total. The number of amides is 2. The molecule has 3 aromatic carbocycles. The van der Waals surface area contributed by atoms with Crippen LogP contribution >= 0.6 is 11.6 Å². The Morgan fingerprint density at radius 2 is 1.58 bits per heavy atom. The van der Waals surface area contributed by atoms with Crippen molar-refractivity contribution in [1.82, 2.24) is 5.32 Å². The number of allylic oxidation sites excluding steroid dienone is 2. The maximum atomic E-state index is 12.9. The van der Waals surface area contributed by atoms with Crippen LogP contribution in [0, 0.1) is 0 Å². The Labute approximate surface area is 186 Å². The van der Waals surface area contributed by atoms with Crippen molar-refractivity contribution in [2.24, 2.45) is 0 Å². The van der Waals surface area contributed by atoms with Crippen LogP contribution in [0.25, 0.3) is 6.08 Å². The Hall–Kier alpha value is -3.83. The lowest BCUT2D eigenvalue weighted by atomic mass is 10.2. The number of benzene rings is 3. The lowest BCUT2D eigenvalue weighted by Crippen LogP contribution is -2.31. The molecule has 6 heteroatoms. The summed E-state index contributed by atoms with van der Waals surface area (Å²) in [6.45, 7) is 0. The first-order chi connectivity index (χ1) is 15.1. The molecular formula is C25H21ClN2O3. The number of carbonyl (C=O) groups is 2. The molecule has 5 nitrogen and oxygen atoms in total. The van der Waals surface area contributed by atoms with Gasteiger partial charge in [0.25, 0.3) is 11.8 Å². The Kier molecular flexibility index (Phi) is 7.62. The third kappa shape index (κ3) is 6.32. The maximum Gasteiger partial charge on any atom is 0.272 e. The van der Waals surface area contributed by atoms with Crippen LogP contribution in [0.4, 0.5) is 5.69 Å². The van der Waals surface area contributed by atoms with Crippen LogP contribution in [-0.2, 0) is 4.79 Å². The minimum absolute atomic E-state index is 0.0768. The lowest BCUT2D eigenvalue weighted by Gasteiger charge is -2.11. The van der Waals surface area contributed by atoms with E-state index in [4.69, 9.17) is 16.3 Å². The molecule has 3 rings (SSSR count). The summed E-state index contributed by atoms with van der Waals surface area (Å²) in [6.07, 6.45) is 5.08. The van der Waals surface area contributed by atoms with Crippen LogP contribution in [0.2, 0.25) is 5.02 Å². The van der Waals surface area contributed by atoms with Gasteiger partial charge in [0.1, 0.15) is 11.4 Å². The number of hydrogen-bond acceptors (Lipinski definition) is 3. The molecule has 0 saturated carbocycles. The van der Waals surface area contributed by atoms with Crippen LogP contribution in [0.3, 0.4) is 0 Å². The van der Waals surface area contributed by atoms with Crippen molar-refractivity contribution in [3.8, 4) is 5.75 Å². The van der Waals surface area contributed by atoms with E-state index in [9.17, 15) is 9.59 Å². The average Bonchev–Trinajstić information content (AvgIpc) is 2.79. The first-order valence-electron chi connectivity index (χ1n) is 9.51. The number of halogens is 1. The SMILES string of the molecule is COc1ccc(NC(=O)C(=CC=Cc2ccccc2)NC(=O)c2ccccc2Cl)cc1. The largest absolute Gasteiger partial charge is 0.497 e. The second-order valence-corrected chi connectivity index (χ2v) is 6.87. The number of rotatable bonds is 7. The van der Waals surface area contributed by atoms with Crippen molar-refractivity contribution in [3.05, 3.63) is 113 Å². The van der Waals surface area contributed by atoms with Crippen molar-refractivity contribution in [1.29, 1.82) is 0 Å². The van der Waals surface area contributed by atoms with Gasteiger partial charge in [0.15, 0.2) is 0 Å². The molecule has 156 valence electrons. The minimum Gasteiger partial charge on any atom is -0.497 e. The first kappa shape index (κ1) is 21.9. The summed E-state index contributed by atoms with van der Waals surface area (Å²) >= 11 is 6.12. The summed E-state index contributed by atoms with van der Waals surface area (Å²) in [7, 11) is 1.57. The highest BCUT2D eigenvalue weighted by Crippen LogP contribution is 2.17. The predicted molar refractivity (Wildman–Crippen MR) is 124 cm³/mol.